The molecule has 0 saturated heterocycles. The molecule has 0 saturated carbocycles. The number of hydrogen-bond acceptors (Lipinski definition) is 32. The number of aliphatic hydroxyl groups excluding tert-OH is 2. The Bertz CT molecular complexity index is 5360. The van der Waals surface area contributed by atoms with Gasteiger partial charge in [0, 0.05) is 22.0 Å². The van der Waals surface area contributed by atoms with Crippen LogP contribution in [0, 0.1) is 0 Å². The molecule has 0 aliphatic heterocycles. The molecule has 0 fully saturated rings. The van der Waals surface area contributed by atoms with Crippen LogP contribution in [0.2, 0.25) is 0 Å². The van der Waals surface area contributed by atoms with Crippen LogP contribution in [0.15, 0.2) is 190 Å². The van der Waals surface area contributed by atoms with Crippen molar-refractivity contribution in [2.75, 3.05) is 41.5 Å². The van der Waals surface area contributed by atoms with Crippen molar-refractivity contribution < 1.29 is 255 Å². The van der Waals surface area contributed by atoms with Gasteiger partial charge in [-0.3, -0.25) is 13.9 Å². The molecule has 478 valence electrons. The van der Waals surface area contributed by atoms with Crippen molar-refractivity contribution >= 4 is 160 Å². The number of aliphatic hydroxyl groups is 2. The average Bonchev–Trinajstić information content (AvgIpc) is 0.747. The van der Waals surface area contributed by atoms with Gasteiger partial charge in [0.1, 0.15) is 57.2 Å². The topological polar surface area (TPSA) is 615 Å². The molecule has 0 unspecified atom stereocenters. The Kier molecular flexibility index (Phi) is 30.0. The van der Waals surface area contributed by atoms with Gasteiger partial charge in [0.2, 0.25) is 0 Å². The fourth-order valence-corrected chi connectivity index (χ4v) is 13.5. The zero-order chi connectivity index (χ0) is 67.1. The second-order valence-electron chi connectivity index (χ2n) is 18.4. The van der Waals surface area contributed by atoms with Crippen molar-refractivity contribution in [3.63, 3.8) is 0 Å². The summed E-state index contributed by atoms with van der Waals surface area (Å²) in [5.74, 6) is -5.33. The van der Waals surface area contributed by atoms with Crippen molar-refractivity contribution in [3.05, 3.63) is 121 Å². The van der Waals surface area contributed by atoms with Crippen molar-refractivity contribution in [1.82, 2.24) is 0 Å². The van der Waals surface area contributed by atoms with Crippen molar-refractivity contribution in [1.29, 1.82) is 0 Å². The van der Waals surface area contributed by atoms with Gasteiger partial charge in [0.25, 0.3) is 26.1 Å². The molecule has 8 aromatic rings. The molecule has 8 aromatic carbocycles. The van der Waals surface area contributed by atoms with E-state index in [9.17, 15) is 96.7 Å². The first-order valence-electron chi connectivity index (χ1n) is 24.4. The maximum atomic E-state index is 14.1. The van der Waals surface area contributed by atoms with Gasteiger partial charge in [-0.25, -0.2) is 42.1 Å². The van der Waals surface area contributed by atoms with Crippen LogP contribution in [-0.2, 0) is 70.3 Å². The van der Waals surface area contributed by atoms with Crippen LogP contribution in [0.5, 0.6) is 11.5 Å². The number of carbonyl (C=O) groups is 1. The number of nitrogens with one attached hydrogen (secondary N) is 1. The van der Waals surface area contributed by atoms with E-state index < -0.39 is 198 Å². The van der Waals surface area contributed by atoms with Gasteiger partial charge < -0.3 is 50.9 Å². The zero-order valence-corrected chi connectivity index (χ0v) is 65.6. The van der Waals surface area contributed by atoms with E-state index in [0.29, 0.717) is 36.4 Å². The minimum Gasteiger partial charge on any atom is -0.870 e. The molecule has 0 bridgehead atoms. The second-order valence-corrected chi connectivity index (χ2v) is 29.5. The maximum absolute atomic E-state index is 14.1. The molecule has 0 atom stereocenters. The van der Waals surface area contributed by atoms with Gasteiger partial charge in [0.05, 0.1) is 89.0 Å². The summed E-state index contributed by atoms with van der Waals surface area (Å²) in [6, 6.07) is 16.9. The van der Waals surface area contributed by atoms with Gasteiger partial charge in [-0.05, 0) is 126 Å². The van der Waals surface area contributed by atoms with E-state index >= 15 is 0 Å². The van der Waals surface area contributed by atoms with Crippen LogP contribution in [-0.4, -0.2) is 123 Å². The third-order valence-corrected chi connectivity index (χ3v) is 20.2. The monoisotopic (exact) mass is 1500 g/mol. The SMILES string of the molecule is Nc1c(N=Nc2ccc(S(=O)(=O)CCO)cc2)c(S(=O)(=O)[O-])cc2cc(S(=O)(=O)O)c(N=Nc3ccc(C(=O)Nc4ccc(S(=O)(=O)[O-])c(N=Nc5c(S(=O)(=O)O)cc6cc(S(=O)(=O)[O-])c(N=Nc7ccc(S(=O)(=O)CCO)cc7)c(N)c6c5[O-])c4)cc3)c([O-])c12.[Na+].[Na+].[Na+].[Na+].[Na+]. The van der Waals surface area contributed by atoms with E-state index in [1.807, 2.05) is 0 Å². The Morgan fingerprint density at radius 2 is 0.740 bits per heavy atom. The van der Waals surface area contributed by atoms with Gasteiger partial charge in [-0.1, -0.05) is 11.5 Å². The summed E-state index contributed by atoms with van der Waals surface area (Å²) < 4.78 is 232. The Balaban J connectivity index is 0.00000480. The molecule has 8 rings (SSSR count). The molecule has 0 aliphatic rings. The zero-order valence-electron chi connectivity index (χ0n) is 49.8. The van der Waals surface area contributed by atoms with Crippen LogP contribution in [0.3, 0.4) is 0 Å². The number of nitrogens with zero attached hydrogens (tertiary/aromatic N) is 8. The fraction of sp³-hybridized carbons (Fsp3) is 0.0816. The Hall–Kier alpha value is -4.28. The Morgan fingerprint density at radius 1 is 0.417 bits per heavy atom. The molecule has 47 heteroatoms. The number of nitrogens with two attached hydrogens (primary N) is 2. The van der Waals surface area contributed by atoms with Crippen LogP contribution < -0.4 is 175 Å². The fourth-order valence-electron chi connectivity index (χ4n) is 8.27. The third kappa shape index (κ3) is 19.8. The number of azo groups is 4. The molecule has 0 heterocycles. The largest absolute Gasteiger partial charge is 1.00 e. The van der Waals surface area contributed by atoms with E-state index in [-0.39, 0.29) is 186 Å². The number of carbonyl (C=O) groups excluding carboxylic acids is 1. The number of rotatable bonds is 21. The number of fused-ring (bicyclic) bond motifs is 2. The van der Waals surface area contributed by atoms with Crippen molar-refractivity contribution in [3.8, 4) is 11.5 Å². The number of hydrogen-bond donors (Lipinski definition) is 7. The molecule has 0 spiro atoms. The quantitative estimate of drug-likeness (QED) is 0.0152. The minimum atomic E-state index is -5.63. The normalized spacial score (nSPS) is 12.5. The molecule has 35 nitrogen and oxygen atoms in total. The van der Waals surface area contributed by atoms with Crippen molar-refractivity contribution in [2.45, 2.75) is 34.3 Å². The second kappa shape index (κ2) is 33.5. The summed E-state index contributed by atoms with van der Waals surface area (Å²) in [7, 11) is -35.7. The summed E-state index contributed by atoms with van der Waals surface area (Å²) in [5.41, 5.74) is 3.86. The Morgan fingerprint density at radius 3 is 1.07 bits per heavy atom. The minimum absolute atomic E-state index is 0. The third-order valence-electron chi connectivity index (χ3n) is 12.5. The first kappa shape index (κ1) is 85.9. The number of nitrogen functional groups attached to an aromatic ring is 2. The molecule has 0 radical (unpaired) electrons. The molecular weight excluding hydrogens is 1470 g/mol. The van der Waals surface area contributed by atoms with Gasteiger partial charge in [-0.2, -0.15) is 32.2 Å². The van der Waals surface area contributed by atoms with Crippen molar-refractivity contribution in [2.24, 2.45) is 40.9 Å². The summed E-state index contributed by atoms with van der Waals surface area (Å²) >= 11 is 0. The molecule has 0 aromatic heterocycles. The number of benzene rings is 8. The molecule has 1 amide bonds. The first-order chi connectivity index (χ1) is 42.2. The van der Waals surface area contributed by atoms with Gasteiger partial charge in [-0.15, -0.1) is 25.6 Å². The van der Waals surface area contributed by atoms with Gasteiger partial charge in [0.15, 0.2) is 19.7 Å². The maximum Gasteiger partial charge on any atom is 1.00 e. The van der Waals surface area contributed by atoms with E-state index in [2.05, 4.69) is 46.2 Å². The predicted molar refractivity (Wildman–Crippen MR) is 308 cm³/mol. The number of amides is 1. The smallest absolute Gasteiger partial charge is 0.870 e. The molecular formula is C49H36N11Na5O24S7. The summed E-state index contributed by atoms with van der Waals surface area (Å²) in [4.78, 5) is 6.60. The van der Waals surface area contributed by atoms with Crippen LogP contribution >= 0.6 is 0 Å². The summed E-state index contributed by atoms with van der Waals surface area (Å²) in [5, 5.41) is 75.1. The number of sulfone groups is 2. The summed E-state index contributed by atoms with van der Waals surface area (Å²) in [6.07, 6.45) is 0. The van der Waals surface area contributed by atoms with Crippen LogP contribution in [0.1, 0.15) is 10.4 Å². The average molecular weight is 1500 g/mol. The molecule has 9 N–H and O–H groups in total. The standard InChI is InChI=1S/C49H41N11O24S7.5Na/c50-41-39-25(19-35(88(73,74)75)43(41)57-53-28-5-10-31(11-6-28)85(66,67)17-15-61)21-37(90(79,80)81)45(47(39)63)59-55-27-3-1-24(2-4-27)49(65)52-30-9-14-34(87(70,71)72)33(23-30)56-60-46-38(91(82,83)84)22-26-20-36(89(76,77)78)44(42(51)40(26)48(46)64)58-54-29-7-12-32(13-8-29)86(68,69)18-16-62;;;;;/h1-14,19-23,61-64H,15-18,50-51H2,(H,52,65)(H,70,71,72)(H,73,74,75)(H,76,77,78)(H,79,80,81)(H,82,83,84);;;;;/q;5*+1/p-5. The first-order valence-corrected chi connectivity index (χ1v) is 34.8. The van der Waals surface area contributed by atoms with E-state index in [1.165, 1.54) is 0 Å². The molecule has 0 aliphatic carbocycles. The van der Waals surface area contributed by atoms with Crippen LogP contribution in [0.25, 0.3) is 21.5 Å². The summed E-state index contributed by atoms with van der Waals surface area (Å²) in [6.45, 7) is -1.40. The predicted octanol–water partition coefficient (Wildman–Crippen LogP) is -10.0. The Labute approximate surface area is 655 Å². The number of anilines is 3. The van der Waals surface area contributed by atoms with E-state index in [1.54, 1.807) is 0 Å². The van der Waals surface area contributed by atoms with E-state index in [4.69, 9.17) is 21.7 Å². The van der Waals surface area contributed by atoms with Crippen LogP contribution in [0.4, 0.5) is 62.6 Å². The van der Waals surface area contributed by atoms with Gasteiger partial charge >= 0.3 is 148 Å². The molecule has 96 heavy (non-hydrogen) atoms. The van der Waals surface area contributed by atoms with E-state index in [0.717, 1.165) is 78.9 Å².